The molecule has 0 aromatic rings. The molecule has 18 heavy (non-hydrogen) atoms. The number of likely N-dealkylation sites (tertiary alicyclic amines) is 2. The third-order valence-corrected chi connectivity index (χ3v) is 4.32. The average molecular weight is 253 g/mol. The molecular weight excluding hydrogens is 226 g/mol. The van der Waals surface area contributed by atoms with E-state index in [1.54, 1.807) is 0 Å². The SMILES string of the molecule is CCN1CCC(CNC(C)C(=O)N2CCCC2)C1. The Morgan fingerprint density at radius 3 is 2.67 bits per heavy atom. The predicted octanol–water partition coefficient (Wildman–Crippen LogP) is 0.929. The van der Waals surface area contributed by atoms with E-state index >= 15 is 0 Å². The van der Waals surface area contributed by atoms with E-state index in [2.05, 4.69) is 17.1 Å². The topological polar surface area (TPSA) is 35.6 Å². The molecule has 2 aliphatic heterocycles. The third-order valence-electron chi connectivity index (χ3n) is 4.32. The van der Waals surface area contributed by atoms with Gasteiger partial charge < -0.3 is 15.1 Å². The molecule has 0 radical (unpaired) electrons. The van der Waals surface area contributed by atoms with Crippen molar-refractivity contribution in [3.05, 3.63) is 0 Å². The van der Waals surface area contributed by atoms with E-state index in [-0.39, 0.29) is 11.9 Å². The van der Waals surface area contributed by atoms with Gasteiger partial charge in [0.15, 0.2) is 0 Å². The lowest BCUT2D eigenvalue weighted by atomic mass is 10.1. The number of nitrogens with zero attached hydrogens (tertiary/aromatic N) is 2. The summed E-state index contributed by atoms with van der Waals surface area (Å²) in [4.78, 5) is 16.6. The molecule has 0 saturated carbocycles. The highest BCUT2D eigenvalue weighted by Crippen LogP contribution is 2.15. The second-order valence-corrected chi connectivity index (χ2v) is 5.71. The van der Waals surface area contributed by atoms with Crippen molar-refractivity contribution in [3.8, 4) is 0 Å². The highest BCUT2D eigenvalue weighted by molar-refractivity contribution is 5.81. The molecule has 4 nitrogen and oxygen atoms in total. The van der Waals surface area contributed by atoms with Crippen LogP contribution in [0.2, 0.25) is 0 Å². The first-order valence-corrected chi connectivity index (χ1v) is 7.45. The lowest BCUT2D eigenvalue weighted by Crippen LogP contribution is -2.45. The number of carbonyl (C=O) groups is 1. The van der Waals surface area contributed by atoms with Gasteiger partial charge in [-0.15, -0.1) is 0 Å². The summed E-state index contributed by atoms with van der Waals surface area (Å²) in [5, 5.41) is 3.43. The summed E-state index contributed by atoms with van der Waals surface area (Å²) < 4.78 is 0. The molecule has 0 spiro atoms. The van der Waals surface area contributed by atoms with Crippen molar-refractivity contribution >= 4 is 5.91 Å². The van der Waals surface area contributed by atoms with Gasteiger partial charge in [-0.3, -0.25) is 4.79 Å². The third kappa shape index (κ3) is 3.45. The molecule has 1 amide bonds. The fourth-order valence-corrected chi connectivity index (χ4v) is 3.01. The Hall–Kier alpha value is -0.610. The van der Waals surface area contributed by atoms with E-state index in [1.807, 2.05) is 11.8 Å². The highest BCUT2D eigenvalue weighted by Gasteiger charge is 2.25. The van der Waals surface area contributed by atoms with Crippen LogP contribution in [0.25, 0.3) is 0 Å². The average Bonchev–Trinajstić information content (AvgIpc) is 3.05. The Labute approximate surface area is 111 Å². The Kier molecular flexibility index (Phi) is 5.01. The van der Waals surface area contributed by atoms with Crippen LogP contribution in [0.5, 0.6) is 0 Å². The van der Waals surface area contributed by atoms with Gasteiger partial charge in [-0.05, 0) is 51.7 Å². The second kappa shape index (κ2) is 6.53. The molecule has 2 rings (SSSR count). The normalized spacial score (nSPS) is 26.8. The van der Waals surface area contributed by atoms with Crippen LogP contribution in [0.4, 0.5) is 0 Å². The smallest absolute Gasteiger partial charge is 0.239 e. The molecule has 104 valence electrons. The minimum atomic E-state index is -0.0150. The lowest BCUT2D eigenvalue weighted by molar-refractivity contribution is -0.131. The minimum absolute atomic E-state index is 0.0150. The first-order chi connectivity index (χ1) is 8.70. The summed E-state index contributed by atoms with van der Waals surface area (Å²) in [6.07, 6.45) is 3.62. The predicted molar refractivity (Wildman–Crippen MR) is 73.5 cm³/mol. The van der Waals surface area contributed by atoms with E-state index in [0.717, 1.165) is 32.1 Å². The highest BCUT2D eigenvalue weighted by atomic mass is 16.2. The molecule has 4 heteroatoms. The van der Waals surface area contributed by atoms with Gasteiger partial charge in [0.25, 0.3) is 0 Å². The molecular formula is C14H27N3O. The van der Waals surface area contributed by atoms with E-state index in [1.165, 1.54) is 32.4 Å². The van der Waals surface area contributed by atoms with Gasteiger partial charge in [0.2, 0.25) is 5.91 Å². The first-order valence-electron chi connectivity index (χ1n) is 7.45. The van der Waals surface area contributed by atoms with Crippen molar-refractivity contribution < 1.29 is 4.79 Å². The maximum absolute atomic E-state index is 12.1. The lowest BCUT2D eigenvalue weighted by Gasteiger charge is -2.22. The number of hydrogen-bond acceptors (Lipinski definition) is 3. The summed E-state index contributed by atoms with van der Waals surface area (Å²) >= 11 is 0. The van der Waals surface area contributed by atoms with Gasteiger partial charge in [0, 0.05) is 19.6 Å². The van der Waals surface area contributed by atoms with E-state index in [4.69, 9.17) is 0 Å². The van der Waals surface area contributed by atoms with Crippen LogP contribution >= 0.6 is 0 Å². The molecule has 0 aromatic heterocycles. The molecule has 1 N–H and O–H groups in total. The number of rotatable bonds is 5. The summed E-state index contributed by atoms with van der Waals surface area (Å²) in [7, 11) is 0. The zero-order chi connectivity index (χ0) is 13.0. The molecule has 0 bridgehead atoms. The largest absolute Gasteiger partial charge is 0.341 e. The quantitative estimate of drug-likeness (QED) is 0.792. The van der Waals surface area contributed by atoms with Crippen molar-refractivity contribution in [2.24, 2.45) is 5.92 Å². The van der Waals surface area contributed by atoms with Crippen molar-refractivity contribution in [1.82, 2.24) is 15.1 Å². The molecule has 2 fully saturated rings. The number of hydrogen-bond donors (Lipinski definition) is 1. The summed E-state index contributed by atoms with van der Waals surface area (Å²) in [5.41, 5.74) is 0. The molecule has 2 atom stereocenters. The van der Waals surface area contributed by atoms with Gasteiger partial charge in [-0.2, -0.15) is 0 Å². The maximum atomic E-state index is 12.1. The van der Waals surface area contributed by atoms with Gasteiger partial charge in [-0.25, -0.2) is 0 Å². The Morgan fingerprint density at radius 2 is 2.06 bits per heavy atom. The fraction of sp³-hybridized carbons (Fsp3) is 0.929. The van der Waals surface area contributed by atoms with Gasteiger partial charge in [0.05, 0.1) is 6.04 Å². The standard InChI is InChI=1S/C14H27N3O/c1-3-16-9-6-13(11-16)10-15-12(2)14(18)17-7-4-5-8-17/h12-13,15H,3-11H2,1-2H3. The van der Waals surface area contributed by atoms with Crippen LogP contribution in [-0.4, -0.2) is 61.0 Å². The Balaban J connectivity index is 1.68. The summed E-state index contributed by atoms with van der Waals surface area (Å²) in [6, 6.07) is -0.0150. The molecule has 2 saturated heterocycles. The van der Waals surface area contributed by atoms with Crippen molar-refractivity contribution in [2.75, 3.05) is 39.3 Å². The summed E-state index contributed by atoms with van der Waals surface area (Å²) in [6.45, 7) is 10.7. The van der Waals surface area contributed by atoms with E-state index < -0.39 is 0 Å². The zero-order valence-electron chi connectivity index (χ0n) is 11.8. The molecule has 2 heterocycles. The number of carbonyl (C=O) groups excluding carboxylic acids is 1. The molecule has 0 aliphatic carbocycles. The van der Waals surface area contributed by atoms with Gasteiger partial charge in [0.1, 0.15) is 0 Å². The number of amides is 1. The van der Waals surface area contributed by atoms with Crippen LogP contribution < -0.4 is 5.32 Å². The monoisotopic (exact) mass is 253 g/mol. The van der Waals surface area contributed by atoms with Crippen LogP contribution in [0.15, 0.2) is 0 Å². The van der Waals surface area contributed by atoms with Crippen molar-refractivity contribution in [3.63, 3.8) is 0 Å². The van der Waals surface area contributed by atoms with E-state index in [9.17, 15) is 4.79 Å². The molecule has 2 unspecified atom stereocenters. The Morgan fingerprint density at radius 1 is 1.33 bits per heavy atom. The summed E-state index contributed by atoms with van der Waals surface area (Å²) in [5.74, 6) is 1.01. The first kappa shape index (κ1) is 13.8. The van der Waals surface area contributed by atoms with Crippen molar-refractivity contribution in [2.45, 2.75) is 39.2 Å². The maximum Gasteiger partial charge on any atom is 0.239 e. The minimum Gasteiger partial charge on any atom is -0.341 e. The van der Waals surface area contributed by atoms with Crippen LogP contribution in [0, 0.1) is 5.92 Å². The van der Waals surface area contributed by atoms with Crippen molar-refractivity contribution in [1.29, 1.82) is 0 Å². The zero-order valence-corrected chi connectivity index (χ0v) is 11.8. The molecule has 0 aromatic carbocycles. The second-order valence-electron chi connectivity index (χ2n) is 5.71. The van der Waals surface area contributed by atoms with Crippen LogP contribution in [0.3, 0.4) is 0 Å². The molecule has 2 aliphatic rings. The van der Waals surface area contributed by atoms with Crippen LogP contribution in [-0.2, 0) is 4.79 Å². The Bertz CT molecular complexity index is 276. The number of nitrogens with one attached hydrogen (secondary N) is 1. The van der Waals surface area contributed by atoms with Crippen LogP contribution in [0.1, 0.15) is 33.1 Å². The van der Waals surface area contributed by atoms with E-state index in [0.29, 0.717) is 0 Å². The fourth-order valence-electron chi connectivity index (χ4n) is 3.01. The van der Waals surface area contributed by atoms with Gasteiger partial charge in [-0.1, -0.05) is 6.92 Å². The van der Waals surface area contributed by atoms with Gasteiger partial charge >= 0.3 is 0 Å².